The molecule has 2 N–H and O–H groups in total. The third-order valence-corrected chi connectivity index (χ3v) is 2.86. The van der Waals surface area contributed by atoms with E-state index in [1.54, 1.807) is 6.07 Å². The number of nitrogens with one attached hydrogen (secondary N) is 1. The van der Waals surface area contributed by atoms with Gasteiger partial charge in [-0.2, -0.15) is 0 Å². The molecule has 0 aromatic carbocycles. The largest absolute Gasteiger partial charge is 0.396 e. The Kier molecular flexibility index (Phi) is 2.61. The van der Waals surface area contributed by atoms with Gasteiger partial charge in [-0.05, 0) is 25.0 Å². The number of aliphatic hydroxyl groups excluding tert-OH is 1. The molecular formula is C10H13ClN2O. The zero-order valence-corrected chi connectivity index (χ0v) is 8.59. The Morgan fingerprint density at radius 1 is 1.50 bits per heavy atom. The Morgan fingerprint density at radius 3 is 2.86 bits per heavy atom. The molecular weight excluding hydrogens is 200 g/mol. The minimum Gasteiger partial charge on any atom is -0.396 e. The second-order valence-corrected chi connectivity index (χ2v) is 4.24. The van der Waals surface area contributed by atoms with Crippen molar-refractivity contribution in [1.29, 1.82) is 0 Å². The summed E-state index contributed by atoms with van der Waals surface area (Å²) in [5, 5.41) is 12.8. The number of nitrogens with zero attached hydrogens (tertiary/aromatic N) is 1. The van der Waals surface area contributed by atoms with Crippen LogP contribution in [0.5, 0.6) is 0 Å². The smallest absolute Gasteiger partial charge is 0.131 e. The Labute approximate surface area is 88.1 Å². The number of halogens is 1. The third kappa shape index (κ3) is 2.16. The molecule has 3 nitrogen and oxygen atoms in total. The summed E-state index contributed by atoms with van der Waals surface area (Å²) >= 11 is 5.74. The fourth-order valence-corrected chi connectivity index (χ4v) is 1.52. The van der Waals surface area contributed by atoms with Gasteiger partial charge in [0.05, 0.1) is 6.61 Å². The zero-order chi connectivity index (χ0) is 10.0. The molecule has 4 heteroatoms. The fourth-order valence-electron chi connectivity index (χ4n) is 1.35. The highest BCUT2D eigenvalue weighted by atomic mass is 35.5. The molecule has 1 saturated carbocycles. The summed E-state index contributed by atoms with van der Waals surface area (Å²) in [7, 11) is 0. The lowest BCUT2D eigenvalue weighted by Gasteiger charge is -2.12. The molecule has 2 rings (SSSR count). The highest BCUT2D eigenvalue weighted by Crippen LogP contribution is 2.44. The normalized spacial score (nSPS) is 17.9. The lowest BCUT2D eigenvalue weighted by atomic mass is 10.1. The second-order valence-electron chi connectivity index (χ2n) is 3.86. The van der Waals surface area contributed by atoms with Gasteiger partial charge < -0.3 is 10.4 Å². The predicted molar refractivity (Wildman–Crippen MR) is 56.5 cm³/mol. The predicted octanol–water partition coefficient (Wildman–Crippen LogP) is 1.92. The molecule has 1 aliphatic rings. The van der Waals surface area contributed by atoms with Crippen molar-refractivity contribution in [2.75, 3.05) is 18.5 Å². The van der Waals surface area contributed by atoms with Crippen molar-refractivity contribution in [1.82, 2.24) is 4.98 Å². The van der Waals surface area contributed by atoms with Crippen LogP contribution in [0.1, 0.15) is 12.8 Å². The summed E-state index contributed by atoms with van der Waals surface area (Å²) in [5.74, 6) is 0.775. The molecule has 1 aromatic rings. The average molecular weight is 213 g/mol. The molecule has 0 unspecified atom stereocenters. The highest BCUT2D eigenvalue weighted by molar-refractivity contribution is 6.29. The van der Waals surface area contributed by atoms with E-state index in [1.165, 1.54) is 0 Å². The van der Waals surface area contributed by atoms with Crippen LogP contribution < -0.4 is 5.32 Å². The van der Waals surface area contributed by atoms with Gasteiger partial charge in [-0.25, -0.2) is 4.98 Å². The van der Waals surface area contributed by atoms with Crippen LogP contribution in [0, 0.1) is 5.41 Å². The van der Waals surface area contributed by atoms with E-state index in [0.29, 0.717) is 5.15 Å². The van der Waals surface area contributed by atoms with E-state index in [-0.39, 0.29) is 12.0 Å². The van der Waals surface area contributed by atoms with Gasteiger partial charge in [-0.3, -0.25) is 0 Å². The van der Waals surface area contributed by atoms with Crippen LogP contribution in [-0.4, -0.2) is 23.2 Å². The first-order valence-electron chi connectivity index (χ1n) is 4.71. The van der Waals surface area contributed by atoms with Crippen molar-refractivity contribution in [3.05, 3.63) is 23.4 Å². The first-order chi connectivity index (χ1) is 6.74. The molecule has 0 amide bonds. The molecule has 76 valence electrons. The molecule has 1 aliphatic carbocycles. The van der Waals surface area contributed by atoms with Crippen LogP contribution in [0.2, 0.25) is 5.15 Å². The van der Waals surface area contributed by atoms with Crippen molar-refractivity contribution in [2.45, 2.75) is 12.8 Å². The number of pyridine rings is 1. The molecule has 1 fully saturated rings. The summed E-state index contributed by atoms with van der Waals surface area (Å²) < 4.78 is 0. The first-order valence-corrected chi connectivity index (χ1v) is 5.09. The molecule has 0 saturated heterocycles. The van der Waals surface area contributed by atoms with Gasteiger partial charge in [-0.15, -0.1) is 0 Å². The van der Waals surface area contributed by atoms with E-state index < -0.39 is 0 Å². The summed E-state index contributed by atoms with van der Waals surface area (Å²) in [6.07, 6.45) is 2.19. The number of aliphatic hydroxyl groups is 1. The van der Waals surface area contributed by atoms with Gasteiger partial charge in [0.1, 0.15) is 11.0 Å². The van der Waals surface area contributed by atoms with Crippen LogP contribution in [0.4, 0.5) is 5.82 Å². The Hall–Kier alpha value is -0.800. The van der Waals surface area contributed by atoms with E-state index in [4.69, 9.17) is 16.7 Å². The lowest BCUT2D eigenvalue weighted by Crippen LogP contribution is -2.19. The average Bonchev–Trinajstić information content (AvgIpc) is 2.96. The molecule has 0 bridgehead atoms. The number of hydrogen-bond acceptors (Lipinski definition) is 3. The van der Waals surface area contributed by atoms with Crippen LogP contribution >= 0.6 is 11.6 Å². The van der Waals surface area contributed by atoms with Gasteiger partial charge in [0.25, 0.3) is 0 Å². The van der Waals surface area contributed by atoms with Gasteiger partial charge >= 0.3 is 0 Å². The lowest BCUT2D eigenvalue weighted by molar-refractivity contribution is 0.219. The number of anilines is 1. The van der Waals surface area contributed by atoms with E-state index in [0.717, 1.165) is 25.2 Å². The maximum atomic E-state index is 9.10. The minimum absolute atomic E-state index is 0.101. The highest BCUT2D eigenvalue weighted by Gasteiger charge is 2.41. The van der Waals surface area contributed by atoms with Crippen molar-refractivity contribution in [3.8, 4) is 0 Å². The standard InChI is InChI=1S/C10H13ClN2O/c11-8-2-1-3-9(13-8)12-6-10(7-14)4-5-10/h1-3,14H,4-7H2,(H,12,13). The maximum absolute atomic E-state index is 9.10. The van der Waals surface area contributed by atoms with Crippen LogP contribution in [-0.2, 0) is 0 Å². The number of rotatable bonds is 4. The summed E-state index contributed by atoms with van der Waals surface area (Å²) in [5.41, 5.74) is 0.101. The molecule has 1 aromatic heterocycles. The second kappa shape index (κ2) is 3.75. The molecule has 14 heavy (non-hydrogen) atoms. The molecule has 0 spiro atoms. The molecule has 0 atom stereocenters. The fraction of sp³-hybridized carbons (Fsp3) is 0.500. The van der Waals surface area contributed by atoms with Crippen molar-refractivity contribution in [2.24, 2.45) is 5.41 Å². The topological polar surface area (TPSA) is 45.1 Å². The number of aromatic nitrogens is 1. The van der Waals surface area contributed by atoms with Gasteiger partial charge in [0.2, 0.25) is 0 Å². The molecule has 1 heterocycles. The van der Waals surface area contributed by atoms with Crippen LogP contribution in [0.15, 0.2) is 18.2 Å². The Morgan fingerprint density at radius 2 is 2.29 bits per heavy atom. The first kappa shape index (κ1) is 9.74. The zero-order valence-electron chi connectivity index (χ0n) is 7.83. The summed E-state index contributed by atoms with van der Waals surface area (Å²) in [6, 6.07) is 5.47. The maximum Gasteiger partial charge on any atom is 0.131 e. The third-order valence-electron chi connectivity index (χ3n) is 2.65. The van der Waals surface area contributed by atoms with E-state index in [9.17, 15) is 0 Å². The Balaban J connectivity index is 1.92. The Bertz CT molecular complexity index is 326. The quantitative estimate of drug-likeness (QED) is 0.750. The van der Waals surface area contributed by atoms with Crippen molar-refractivity contribution in [3.63, 3.8) is 0 Å². The van der Waals surface area contributed by atoms with E-state index in [2.05, 4.69) is 10.3 Å². The summed E-state index contributed by atoms with van der Waals surface area (Å²) in [6.45, 7) is 1.03. The van der Waals surface area contributed by atoms with Gasteiger partial charge in [0, 0.05) is 12.0 Å². The monoisotopic (exact) mass is 212 g/mol. The van der Waals surface area contributed by atoms with Crippen LogP contribution in [0.25, 0.3) is 0 Å². The van der Waals surface area contributed by atoms with Crippen molar-refractivity contribution < 1.29 is 5.11 Å². The van der Waals surface area contributed by atoms with E-state index in [1.807, 2.05) is 12.1 Å². The van der Waals surface area contributed by atoms with Crippen molar-refractivity contribution >= 4 is 17.4 Å². The molecule has 0 radical (unpaired) electrons. The van der Waals surface area contributed by atoms with Crippen LogP contribution in [0.3, 0.4) is 0 Å². The molecule has 0 aliphatic heterocycles. The van der Waals surface area contributed by atoms with E-state index >= 15 is 0 Å². The van der Waals surface area contributed by atoms with Gasteiger partial charge in [-0.1, -0.05) is 17.7 Å². The SMILES string of the molecule is OCC1(CNc2cccc(Cl)n2)CC1. The minimum atomic E-state index is 0.101. The van der Waals surface area contributed by atoms with Gasteiger partial charge in [0.15, 0.2) is 0 Å². The summed E-state index contributed by atoms with van der Waals surface area (Å²) in [4.78, 5) is 4.11. The number of hydrogen-bond donors (Lipinski definition) is 2.